The highest BCUT2D eigenvalue weighted by molar-refractivity contribution is 7.98. The van der Waals surface area contributed by atoms with Crippen molar-refractivity contribution in [2.24, 2.45) is 0 Å². The highest BCUT2D eigenvalue weighted by Crippen LogP contribution is 2.29. The predicted molar refractivity (Wildman–Crippen MR) is 69.2 cm³/mol. The summed E-state index contributed by atoms with van der Waals surface area (Å²) in [4.78, 5) is 14.1. The van der Waals surface area contributed by atoms with Crippen molar-refractivity contribution in [2.75, 3.05) is 26.4 Å². The van der Waals surface area contributed by atoms with Gasteiger partial charge in [0, 0.05) is 16.4 Å². The fourth-order valence-electron chi connectivity index (χ4n) is 2.37. The van der Waals surface area contributed by atoms with Gasteiger partial charge in [0.05, 0.1) is 12.5 Å². The SMILES string of the molecule is CSc1ccc(C2CN(C)CC2[N+](=O)[O-])cc1. The molecule has 0 spiro atoms. The summed E-state index contributed by atoms with van der Waals surface area (Å²) in [6, 6.07) is 7.64. The maximum absolute atomic E-state index is 11.0. The minimum Gasteiger partial charge on any atom is -0.299 e. The summed E-state index contributed by atoms with van der Waals surface area (Å²) in [5.41, 5.74) is 1.08. The van der Waals surface area contributed by atoms with Crippen molar-refractivity contribution in [1.29, 1.82) is 0 Å². The molecule has 0 N–H and O–H groups in total. The lowest BCUT2D eigenvalue weighted by Gasteiger charge is -2.12. The van der Waals surface area contributed by atoms with E-state index in [0.29, 0.717) is 6.54 Å². The molecule has 2 atom stereocenters. The average molecular weight is 252 g/mol. The van der Waals surface area contributed by atoms with Crippen LogP contribution in [0, 0.1) is 10.1 Å². The van der Waals surface area contributed by atoms with Gasteiger partial charge in [-0.15, -0.1) is 11.8 Å². The Morgan fingerprint density at radius 3 is 2.53 bits per heavy atom. The van der Waals surface area contributed by atoms with Gasteiger partial charge < -0.3 is 0 Å². The summed E-state index contributed by atoms with van der Waals surface area (Å²) < 4.78 is 0. The van der Waals surface area contributed by atoms with E-state index in [-0.39, 0.29) is 10.8 Å². The summed E-state index contributed by atoms with van der Waals surface area (Å²) in [6.07, 6.45) is 2.03. The van der Waals surface area contributed by atoms with E-state index in [2.05, 4.69) is 0 Å². The van der Waals surface area contributed by atoms with Gasteiger partial charge >= 0.3 is 0 Å². The number of nitro groups is 1. The minimum atomic E-state index is -0.472. The van der Waals surface area contributed by atoms with Crippen LogP contribution in [0.4, 0.5) is 0 Å². The third-order valence-electron chi connectivity index (χ3n) is 3.29. The second-order valence-electron chi connectivity index (χ2n) is 4.45. The van der Waals surface area contributed by atoms with Crippen LogP contribution >= 0.6 is 11.8 Å². The zero-order valence-electron chi connectivity index (χ0n) is 10.00. The van der Waals surface area contributed by atoms with Crippen molar-refractivity contribution in [1.82, 2.24) is 4.90 Å². The van der Waals surface area contributed by atoms with Gasteiger partial charge in [-0.2, -0.15) is 0 Å². The van der Waals surface area contributed by atoms with E-state index in [4.69, 9.17) is 0 Å². The summed E-state index contributed by atoms with van der Waals surface area (Å²) in [6.45, 7) is 1.31. The molecule has 0 bridgehead atoms. The number of hydrogen-bond donors (Lipinski definition) is 0. The van der Waals surface area contributed by atoms with E-state index in [1.54, 1.807) is 11.8 Å². The zero-order chi connectivity index (χ0) is 12.4. The van der Waals surface area contributed by atoms with E-state index < -0.39 is 6.04 Å². The molecule has 1 fully saturated rings. The molecule has 1 saturated heterocycles. The van der Waals surface area contributed by atoms with E-state index in [1.165, 1.54) is 4.90 Å². The molecule has 1 aromatic carbocycles. The molecule has 92 valence electrons. The zero-order valence-corrected chi connectivity index (χ0v) is 10.8. The quantitative estimate of drug-likeness (QED) is 0.469. The van der Waals surface area contributed by atoms with Crippen LogP contribution in [0.25, 0.3) is 0 Å². The Kier molecular flexibility index (Phi) is 3.69. The van der Waals surface area contributed by atoms with Crippen LogP contribution in [0.2, 0.25) is 0 Å². The van der Waals surface area contributed by atoms with Gasteiger partial charge in [-0.1, -0.05) is 12.1 Å². The first-order chi connectivity index (χ1) is 8.11. The van der Waals surface area contributed by atoms with Crippen LogP contribution in [0.5, 0.6) is 0 Å². The van der Waals surface area contributed by atoms with Gasteiger partial charge in [0.2, 0.25) is 6.04 Å². The van der Waals surface area contributed by atoms with Gasteiger partial charge in [0.1, 0.15) is 0 Å². The number of likely N-dealkylation sites (N-methyl/N-ethyl adjacent to an activating group) is 1. The monoisotopic (exact) mass is 252 g/mol. The summed E-state index contributed by atoms with van der Waals surface area (Å²) in [7, 11) is 1.94. The Morgan fingerprint density at radius 2 is 2.00 bits per heavy atom. The van der Waals surface area contributed by atoms with E-state index in [1.807, 2.05) is 42.5 Å². The van der Waals surface area contributed by atoms with Crippen LogP contribution in [0.3, 0.4) is 0 Å². The molecule has 2 unspecified atom stereocenters. The Morgan fingerprint density at radius 1 is 1.35 bits per heavy atom. The minimum absolute atomic E-state index is 0.0194. The Bertz CT molecular complexity index is 407. The number of hydrogen-bond acceptors (Lipinski definition) is 4. The fourth-order valence-corrected chi connectivity index (χ4v) is 2.78. The van der Waals surface area contributed by atoms with Crippen LogP contribution in [0.1, 0.15) is 11.5 Å². The van der Waals surface area contributed by atoms with E-state index in [9.17, 15) is 10.1 Å². The van der Waals surface area contributed by atoms with Crippen molar-refractivity contribution in [3.05, 3.63) is 39.9 Å². The van der Waals surface area contributed by atoms with Gasteiger partial charge in [0.15, 0.2) is 0 Å². The van der Waals surface area contributed by atoms with Gasteiger partial charge in [-0.25, -0.2) is 0 Å². The van der Waals surface area contributed by atoms with Crippen LogP contribution in [0.15, 0.2) is 29.2 Å². The average Bonchev–Trinajstić information content (AvgIpc) is 2.72. The second-order valence-corrected chi connectivity index (χ2v) is 5.33. The summed E-state index contributed by atoms with van der Waals surface area (Å²) in [5.74, 6) is 0.0194. The lowest BCUT2D eigenvalue weighted by atomic mass is 9.95. The van der Waals surface area contributed by atoms with Gasteiger partial charge in [-0.05, 0) is 31.0 Å². The second kappa shape index (κ2) is 5.06. The molecule has 2 rings (SSSR count). The number of thioether (sulfide) groups is 1. The first-order valence-corrected chi connectivity index (χ1v) is 6.80. The number of nitrogens with zero attached hydrogens (tertiary/aromatic N) is 2. The molecule has 0 aliphatic carbocycles. The third kappa shape index (κ3) is 2.61. The van der Waals surface area contributed by atoms with Gasteiger partial charge in [-0.3, -0.25) is 15.0 Å². The van der Waals surface area contributed by atoms with Crippen molar-refractivity contribution < 1.29 is 4.92 Å². The van der Waals surface area contributed by atoms with Crippen molar-refractivity contribution in [3.63, 3.8) is 0 Å². The predicted octanol–water partition coefficient (Wildman–Crippen LogP) is 2.08. The number of likely N-dealkylation sites (tertiary alicyclic amines) is 1. The molecule has 1 aliphatic rings. The smallest absolute Gasteiger partial charge is 0.233 e. The van der Waals surface area contributed by atoms with Crippen molar-refractivity contribution in [2.45, 2.75) is 16.9 Å². The molecule has 4 nitrogen and oxygen atoms in total. The molecule has 1 heterocycles. The largest absolute Gasteiger partial charge is 0.299 e. The van der Waals surface area contributed by atoms with Crippen LogP contribution in [-0.4, -0.2) is 42.3 Å². The van der Waals surface area contributed by atoms with Crippen LogP contribution < -0.4 is 0 Å². The maximum Gasteiger partial charge on any atom is 0.233 e. The molecule has 0 aromatic heterocycles. The first kappa shape index (κ1) is 12.4. The molecular weight excluding hydrogens is 236 g/mol. The molecular formula is C12H16N2O2S. The first-order valence-electron chi connectivity index (χ1n) is 5.58. The highest BCUT2D eigenvalue weighted by Gasteiger charge is 2.40. The fraction of sp³-hybridized carbons (Fsp3) is 0.500. The topological polar surface area (TPSA) is 46.4 Å². The molecule has 1 aromatic rings. The molecule has 17 heavy (non-hydrogen) atoms. The van der Waals surface area contributed by atoms with Crippen molar-refractivity contribution >= 4 is 11.8 Å². The van der Waals surface area contributed by atoms with Gasteiger partial charge in [0.25, 0.3) is 0 Å². The normalized spacial score (nSPS) is 25.1. The lowest BCUT2D eigenvalue weighted by Crippen LogP contribution is -2.27. The standard InChI is InChI=1S/C12H16N2O2S/c1-13-7-11(12(8-13)14(15)16)9-3-5-10(17-2)6-4-9/h3-6,11-12H,7-8H2,1-2H3. The Balaban J connectivity index is 2.22. The van der Waals surface area contributed by atoms with Crippen molar-refractivity contribution in [3.8, 4) is 0 Å². The van der Waals surface area contributed by atoms with Crippen LogP contribution in [-0.2, 0) is 0 Å². The Labute approximate surface area is 105 Å². The molecule has 1 aliphatic heterocycles. The number of benzene rings is 1. The Hall–Kier alpha value is -1.07. The maximum atomic E-state index is 11.0. The molecule has 0 radical (unpaired) electrons. The van der Waals surface area contributed by atoms with E-state index >= 15 is 0 Å². The third-order valence-corrected chi connectivity index (χ3v) is 4.03. The number of rotatable bonds is 3. The molecule has 0 saturated carbocycles. The van der Waals surface area contributed by atoms with E-state index in [0.717, 1.165) is 12.1 Å². The molecule has 0 amide bonds. The summed E-state index contributed by atoms with van der Waals surface area (Å²) >= 11 is 1.68. The highest BCUT2D eigenvalue weighted by atomic mass is 32.2. The summed E-state index contributed by atoms with van der Waals surface area (Å²) in [5, 5.41) is 11.0. The molecule has 5 heteroatoms. The lowest BCUT2D eigenvalue weighted by molar-refractivity contribution is -0.521.